The van der Waals surface area contributed by atoms with Crippen LogP contribution in [0, 0.1) is 5.41 Å². The van der Waals surface area contributed by atoms with Gasteiger partial charge < -0.3 is 14.5 Å². The largest absolute Gasteiger partial charge is 0.472 e. The zero-order valence-electron chi connectivity index (χ0n) is 9.88. The highest BCUT2D eigenvalue weighted by Crippen LogP contribution is 2.20. The van der Waals surface area contributed by atoms with Gasteiger partial charge in [0, 0.05) is 20.2 Å². The quantitative estimate of drug-likeness (QED) is 0.701. The molecule has 3 heteroatoms. The summed E-state index contributed by atoms with van der Waals surface area (Å²) in [4.78, 5) is 0. The van der Waals surface area contributed by atoms with Gasteiger partial charge in [0.2, 0.25) is 0 Å². The molecule has 0 fully saturated rings. The average Bonchev–Trinajstić information content (AvgIpc) is 2.64. The van der Waals surface area contributed by atoms with Crippen molar-refractivity contribution in [3.05, 3.63) is 24.2 Å². The Morgan fingerprint density at radius 2 is 2.27 bits per heavy atom. The molecule has 1 heterocycles. The van der Waals surface area contributed by atoms with Crippen molar-refractivity contribution in [3.63, 3.8) is 0 Å². The van der Waals surface area contributed by atoms with Crippen LogP contribution in [0.4, 0.5) is 0 Å². The third kappa shape index (κ3) is 5.00. The average molecular weight is 211 g/mol. The van der Waals surface area contributed by atoms with Gasteiger partial charge in [-0.3, -0.25) is 0 Å². The second kappa shape index (κ2) is 5.93. The first-order valence-corrected chi connectivity index (χ1v) is 5.35. The number of rotatable bonds is 7. The molecule has 0 unspecified atom stereocenters. The van der Waals surface area contributed by atoms with Gasteiger partial charge in [0.25, 0.3) is 0 Å². The molecule has 1 rings (SSSR count). The standard InChI is InChI=1S/C12H21NO2/c1-12(2,10-13-5-7-14-3)8-11-4-6-15-9-11/h4,6,9,13H,5,7-8,10H2,1-3H3. The number of methoxy groups -OCH3 is 1. The summed E-state index contributed by atoms with van der Waals surface area (Å²) in [5.74, 6) is 0. The third-order valence-electron chi connectivity index (χ3n) is 2.35. The Balaban J connectivity index is 2.25. The first-order valence-electron chi connectivity index (χ1n) is 5.35. The summed E-state index contributed by atoms with van der Waals surface area (Å²) in [5.41, 5.74) is 1.51. The fourth-order valence-electron chi connectivity index (χ4n) is 1.61. The molecule has 1 aromatic rings. The molecule has 0 saturated carbocycles. The van der Waals surface area contributed by atoms with Crippen molar-refractivity contribution >= 4 is 0 Å². The van der Waals surface area contributed by atoms with Gasteiger partial charge in [-0.05, 0) is 23.5 Å². The lowest BCUT2D eigenvalue weighted by atomic mass is 9.86. The first kappa shape index (κ1) is 12.3. The summed E-state index contributed by atoms with van der Waals surface area (Å²) in [6.45, 7) is 7.16. The lowest BCUT2D eigenvalue weighted by Gasteiger charge is -2.24. The van der Waals surface area contributed by atoms with Gasteiger partial charge in [-0.2, -0.15) is 0 Å². The molecule has 3 nitrogen and oxygen atoms in total. The molecule has 0 aliphatic carbocycles. The Bertz CT molecular complexity index is 255. The van der Waals surface area contributed by atoms with Crippen LogP contribution >= 0.6 is 0 Å². The molecule has 0 atom stereocenters. The van der Waals surface area contributed by atoms with E-state index in [1.807, 2.05) is 12.3 Å². The topological polar surface area (TPSA) is 34.4 Å². The lowest BCUT2D eigenvalue weighted by molar-refractivity contribution is 0.194. The molecule has 1 aromatic heterocycles. The number of nitrogens with one attached hydrogen (secondary N) is 1. The van der Waals surface area contributed by atoms with Crippen molar-refractivity contribution in [3.8, 4) is 0 Å². The Morgan fingerprint density at radius 1 is 1.47 bits per heavy atom. The maximum atomic E-state index is 5.06. The van der Waals surface area contributed by atoms with Crippen molar-refractivity contribution < 1.29 is 9.15 Å². The Kier molecular flexibility index (Phi) is 4.85. The number of ether oxygens (including phenoxy) is 1. The molecule has 0 spiro atoms. The predicted octanol–water partition coefficient (Wildman–Crippen LogP) is 2.08. The van der Waals surface area contributed by atoms with Crippen LogP contribution in [0.25, 0.3) is 0 Å². The van der Waals surface area contributed by atoms with E-state index >= 15 is 0 Å². The van der Waals surface area contributed by atoms with E-state index in [9.17, 15) is 0 Å². The fraction of sp³-hybridized carbons (Fsp3) is 0.667. The molecule has 1 N–H and O–H groups in total. The van der Waals surface area contributed by atoms with E-state index in [0.29, 0.717) is 0 Å². The van der Waals surface area contributed by atoms with Crippen LogP contribution < -0.4 is 5.32 Å². The van der Waals surface area contributed by atoms with E-state index in [1.165, 1.54) is 5.56 Å². The van der Waals surface area contributed by atoms with Gasteiger partial charge in [-0.25, -0.2) is 0 Å². The lowest BCUT2D eigenvalue weighted by Crippen LogP contribution is -2.32. The normalized spacial score (nSPS) is 11.9. The number of hydrogen-bond donors (Lipinski definition) is 1. The molecule has 0 radical (unpaired) electrons. The minimum absolute atomic E-state index is 0.248. The van der Waals surface area contributed by atoms with E-state index in [0.717, 1.165) is 26.1 Å². The smallest absolute Gasteiger partial charge is 0.0934 e. The van der Waals surface area contributed by atoms with Crippen LogP contribution in [0.2, 0.25) is 0 Å². The molecule has 0 bridgehead atoms. The van der Waals surface area contributed by atoms with Crippen LogP contribution in [0.5, 0.6) is 0 Å². The number of furan rings is 1. The summed E-state index contributed by atoms with van der Waals surface area (Å²) >= 11 is 0. The van der Waals surface area contributed by atoms with Crippen LogP contribution in [-0.2, 0) is 11.2 Å². The van der Waals surface area contributed by atoms with Crippen LogP contribution in [-0.4, -0.2) is 26.8 Å². The van der Waals surface area contributed by atoms with Gasteiger partial charge in [0.15, 0.2) is 0 Å². The Hall–Kier alpha value is -0.800. The zero-order chi connectivity index (χ0) is 11.1. The summed E-state index contributed by atoms with van der Waals surface area (Å²) < 4.78 is 10.0. The van der Waals surface area contributed by atoms with Crippen LogP contribution in [0.15, 0.2) is 23.0 Å². The van der Waals surface area contributed by atoms with E-state index in [-0.39, 0.29) is 5.41 Å². The maximum Gasteiger partial charge on any atom is 0.0934 e. The molecule has 0 aromatic carbocycles. The SMILES string of the molecule is COCCNCC(C)(C)Cc1ccoc1. The van der Waals surface area contributed by atoms with Gasteiger partial charge in [0.1, 0.15) is 0 Å². The minimum Gasteiger partial charge on any atom is -0.472 e. The Labute approximate surface area is 91.8 Å². The predicted molar refractivity (Wildman–Crippen MR) is 60.9 cm³/mol. The summed E-state index contributed by atoms with van der Waals surface area (Å²) in [6, 6.07) is 2.02. The van der Waals surface area contributed by atoms with E-state index in [4.69, 9.17) is 9.15 Å². The minimum atomic E-state index is 0.248. The van der Waals surface area contributed by atoms with E-state index in [1.54, 1.807) is 13.4 Å². The monoisotopic (exact) mass is 211 g/mol. The molecule has 0 aliphatic rings. The molecular weight excluding hydrogens is 190 g/mol. The second-order valence-corrected chi connectivity index (χ2v) is 4.64. The summed E-state index contributed by atoms with van der Waals surface area (Å²) in [6.07, 6.45) is 4.57. The molecular formula is C12H21NO2. The number of hydrogen-bond acceptors (Lipinski definition) is 3. The van der Waals surface area contributed by atoms with Crippen molar-refractivity contribution in [1.29, 1.82) is 0 Å². The highest BCUT2D eigenvalue weighted by molar-refractivity contribution is 5.07. The molecule has 0 aliphatic heterocycles. The van der Waals surface area contributed by atoms with Crippen LogP contribution in [0.1, 0.15) is 19.4 Å². The van der Waals surface area contributed by atoms with E-state index < -0.39 is 0 Å². The van der Waals surface area contributed by atoms with Gasteiger partial charge >= 0.3 is 0 Å². The van der Waals surface area contributed by atoms with Gasteiger partial charge in [-0.1, -0.05) is 13.8 Å². The van der Waals surface area contributed by atoms with Crippen molar-refractivity contribution in [2.24, 2.45) is 5.41 Å². The Morgan fingerprint density at radius 3 is 2.87 bits per heavy atom. The second-order valence-electron chi connectivity index (χ2n) is 4.64. The first-order chi connectivity index (χ1) is 7.14. The molecule has 0 saturated heterocycles. The van der Waals surface area contributed by atoms with Crippen molar-refractivity contribution in [2.75, 3.05) is 26.8 Å². The van der Waals surface area contributed by atoms with Crippen molar-refractivity contribution in [1.82, 2.24) is 5.32 Å². The fourth-order valence-corrected chi connectivity index (χ4v) is 1.61. The molecule has 0 amide bonds. The summed E-state index contributed by atoms with van der Waals surface area (Å²) in [5, 5.41) is 3.38. The van der Waals surface area contributed by atoms with Crippen molar-refractivity contribution in [2.45, 2.75) is 20.3 Å². The highest BCUT2D eigenvalue weighted by Gasteiger charge is 2.18. The van der Waals surface area contributed by atoms with Gasteiger partial charge in [-0.15, -0.1) is 0 Å². The van der Waals surface area contributed by atoms with Crippen LogP contribution in [0.3, 0.4) is 0 Å². The highest BCUT2D eigenvalue weighted by atomic mass is 16.5. The maximum absolute atomic E-state index is 5.06. The molecule has 86 valence electrons. The van der Waals surface area contributed by atoms with Gasteiger partial charge in [0.05, 0.1) is 19.1 Å². The third-order valence-corrected chi connectivity index (χ3v) is 2.35. The molecule has 15 heavy (non-hydrogen) atoms. The summed E-state index contributed by atoms with van der Waals surface area (Å²) in [7, 11) is 1.72. The van der Waals surface area contributed by atoms with E-state index in [2.05, 4.69) is 19.2 Å². The zero-order valence-corrected chi connectivity index (χ0v) is 9.88.